The predicted molar refractivity (Wildman–Crippen MR) is 87.3 cm³/mol. The van der Waals surface area contributed by atoms with Crippen molar-refractivity contribution in [2.24, 2.45) is 0 Å². The number of aromatic nitrogens is 4. The number of rotatable bonds is 3. The molecule has 23 heavy (non-hydrogen) atoms. The lowest BCUT2D eigenvalue weighted by molar-refractivity contribution is 0.107. The van der Waals surface area contributed by atoms with Crippen LogP contribution in [-0.2, 0) is 0 Å². The zero-order valence-corrected chi connectivity index (χ0v) is 13.7. The molecule has 0 unspecified atom stereocenters. The summed E-state index contributed by atoms with van der Waals surface area (Å²) >= 11 is 1.55. The van der Waals surface area contributed by atoms with Crippen molar-refractivity contribution in [2.75, 3.05) is 12.4 Å². The van der Waals surface area contributed by atoms with Crippen LogP contribution >= 0.6 is 11.8 Å². The van der Waals surface area contributed by atoms with Gasteiger partial charge in [0.05, 0.1) is 0 Å². The van der Waals surface area contributed by atoms with E-state index in [-0.39, 0.29) is 6.10 Å². The van der Waals surface area contributed by atoms with Gasteiger partial charge in [0.2, 0.25) is 5.16 Å². The monoisotopic (exact) mass is 328 g/mol. The molecule has 0 saturated heterocycles. The van der Waals surface area contributed by atoms with E-state index in [0.717, 1.165) is 28.6 Å². The fourth-order valence-corrected chi connectivity index (χ4v) is 3.31. The first kappa shape index (κ1) is 14.3. The van der Waals surface area contributed by atoms with Crippen molar-refractivity contribution in [3.63, 3.8) is 0 Å². The van der Waals surface area contributed by atoms with Gasteiger partial charge in [-0.05, 0) is 32.0 Å². The Morgan fingerprint density at radius 2 is 2.04 bits per heavy atom. The zero-order valence-electron chi connectivity index (χ0n) is 12.9. The standard InChI is InChI=1S/C16H16N4O2S/c1-10-7-11(2)20-15(17-10)18-16(19-20)23-9-12-8-21-13-5-3-4-6-14(13)22-12/h3-7,12H,8-9H2,1-2H3/t12-/m0/s1. The quantitative estimate of drug-likeness (QED) is 0.689. The lowest BCUT2D eigenvalue weighted by atomic mass is 10.3. The third-order valence-electron chi connectivity index (χ3n) is 3.56. The summed E-state index contributed by atoms with van der Waals surface area (Å²) in [6.45, 7) is 4.49. The van der Waals surface area contributed by atoms with Gasteiger partial charge in [-0.15, -0.1) is 5.10 Å². The highest BCUT2D eigenvalue weighted by Crippen LogP contribution is 2.32. The minimum absolute atomic E-state index is 0.0164. The van der Waals surface area contributed by atoms with Crippen molar-refractivity contribution >= 4 is 17.5 Å². The summed E-state index contributed by atoms with van der Waals surface area (Å²) in [7, 11) is 0. The van der Waals surface area contributed by atoms with E-state index in [1.165, 1.54) is 0 Å². The lowest BCUT2D eigenvalue weighted by Crippen LogP contribution is -2.31. The second-order valence-electron chi connectivity index (χ2n) is 5.45. The number of hydrogen-bond acceptors (Lipinski definition) is 6. The molecule has 1 aliphatic heterocycles. The molecule has 3 heterocycles. The Bertz CT molecular complexity index is 864. The van der Waals surface area contributed by atoms with Gasteiger partial charge in [0.15, 0.2) is 11.5 Å². The number of hydrogen-bond donors (Lipinski definition) is 0. The molecule has 7 heteroatoms. The molecule has 1 aromatic carbocycles. The third-order valence-corrected chi connectivity index (χ3v) is 4.53. The van der Waals surface area contributed by atoms with E-state index in [9.17, 15) is 0 Å². The molecule has 0 radical (unpaired) electrons. The van der Waals surface area contributed by atoms with Crippen molar-refractivity contribution in [3.8, 4) is 11.5 Å². The van der Waals surface area contributed by atoms with Crippen LogP contribution in [0, 0.1) is 13.8 Å². The molecule has 4 rings (SSSR count). The minimum Gasteiger partial charge on any atom is -0.486 e. The van der Waals surface area contributed by atoms with Gasteiger partial charge in [-0.3, -0.25) is 0 Å². The van der Waals surface area contributed by atoms with E-state index >= 15 is 0 Å². The van der Waals surface area contributed by atoms with Gasteiger partial charge in [0.25, 0.3) is 5.78 Å². The predicted octanol–water partition coefficient (Wildman–Crippen LogP) is 2.67. The molecule has 6 nitrogen and oxygen atoms in total. The Labute approximate surface area is 137 Å². The molecular formula is C16H16N4O2S. The van der Waals surface area contributed by atoms with Gasteiger partial charge in [0, 0.05) is 17.1 Å². The van der Waals surface area contributed by atoms with Crippen molar-refractivity contribution < 1.29 is 9.47 Å². The van der Waals surface area contributed by atoms with Crippen LogP contribution in [0.1, 0.15) is 11.4 Å². The number of aryl methyl sites for hydroxylation is 2. The van der Waals surface area contributed by atoms with E-state index in [1.807, 2.05) is 44.2 Å². The van der Waals surface area contributed by atoms with Crippen LogP contribution in [0.5, 0.6) is 11.5 Å². The molecule has 118 valence electrons. The summed E-state index contributed by atoms with van der Waals surface area (Å²) < 4.78 is 13.4. The first-order chi connectivity index (χ1) is 11.2. The molecule has 3 aromatic rings. The number of ether oxygens (including phenoxy) is 2. The van der Waals surface area contributed by atoms with E-state index in [4.69, 9.17) is 9.47 Å². The van der Waals surface area contributed by atoms with Crippen LogP contribution < -0.4 is 9.47 Å². The summed E-state index contributed by atoms with van der Waals surface area (Å²) in [6, 6.07) is 9.71. The highest BCUT2D eigenvalue weighted by Gasteiger charge is 2.21. The summed E-state index contributed by atoms with van der Waals surface area (Å²) in [5.41, 5.74) is 1.97. The molecule has 0 amide bonds. The smallest absolute Gasteiger partial charge is 0.253 e. The van der Waals surface area contributed by atoms with Gasteiger partial charge in [0.1, 0.15) is 12.7 Å². The van der Waals surface area contributed by atoms with Gasteiger partial charge in [-0.1, -0.05) is 23.9 Å². The van der Waals surface area contributed by atoms with Crippen molar-refractivity contribution in [1.82, 2.24) is 19.6 Å². The van der Waals surface area contributed by atoms with Gasteiger partial charge in [-0.25, -0.2) is 9.50 Å². The Kier molecular flexibility index (Phi) is 3.57. The molecule has 0 N–H and O–H groups in total. The minimum atomic E-state index is -0.0164. The summed E-state index contributed by atoms with van der Waals surface area (Å²) in [5.74, 6) is 2.95. The van der Waals surface area contributed by atoms with Crippen LogP contribution in [0.3, 0.4) is 0 Å². The number of fused-ring (bicyclic) bond motifs is 2. The maximum atomic E-state index is 5.95. The van der Waals surface area contributed by atoms with Gasteiger partial charge < -0.3 is 9.47 Å². The molecule has 0 saturated carbocycles. The normalized spacial score (nSPS) is 16.7. The van der Waals surface area contributed by atoms with Crippen LogP contribution in [0.15, 0.2) is 35.5 Å². The fourth-order valence-electron chi connectivity index (χ4n) is 2.52. The Morgan fingerprint density at radius 1 is 1.22 bits per heavy atom. The van der Waals surface area contributed by atoms with E-state index in [2.05, 4.69) is 15.1 Å². The maximum absolute atomic E-state index is 5.95. The second kappa shape index (κ2) is 5.73. The largest absolute Gasteiger partial charge is 0.486 e. The zero-order chi connectivity index (χ0) is 15.8. The SMILES string of the molecule is Cc1cc(C)n2nc(SC[C@@H]3COc4ccccc4O3)nc2n1. The number of thioether (sulfide) groups is 1. The highest BCUT2D eigenvalue weighted by molar-refractivity contribution is 7.99. The fraction of sp³-hybridized carbons (Fsp3) is 0.312. The Balaban J connectivity index is 1.47. The van der Waals surface area contributed by atoms with Gasteiger partial charge >= 0.3 is 0 Å². The van der Waals surface area contributed by atoms with Crippen LogP contribution in [0.2, 0.25) is 0 Å². The van der Waals surface area contributed by atoms with Gasteiger partial charge in [-0.2, -0.15) is 4.98 Å². The van der Waals surface area contributed by atoms with Crippen molar-refractivity contribution in [1.29, 1.82) is 0 Å². The molecule has 0 fully saturated rings. The molecule has 1 atom stereocenters. The van der Waals surface area contributed by atoms with E-state index in [1.54, 1.807) is 16.3 Å². The van der Waals surface area contributed by atoms with Crippen LogP contribution in [-0.4, -0.2) is 38.0 Å². The topological polar surface area (TPSA) is 61.5 Å². The van der Waals surface area contributed by atoms with Crippen molar-refractivity contribution in [2.45, 2.75) is 25.1 Å². The number of nitrogens with zero attached hydrogens (tertiary/aromatic N) is 4. The number of para-hydroxylation sites is 2. The van der Waals surface area contributed by atoms with Crippen LogP contribution in [0.25, 0.3) is 5.78 Å². The average Bonchev–Trinajstić information content (AvgIpc) is 2.96. The summed E-state index contributed by atoms with van der Waals surface area (Å²) in [6.07, 6.45) is -0.0164. The molecule has 0 bridgehead atoms. The summed E-state index contributed by atoms with van der Waals surface area (Å²) in [4.78, 5) is 8.87. The average molecular weight is 328 g/mol. The second-order valence-corrected chi connectivity index (χ2v) is 6.44. The van der Waals surface area contributed by atoms with Crippen molar-refractivity contribution in [3.05, 3.63) is 41.7 Å². The summed E-state index contributed by atoms with van der Waals surface area (Å²) in [5, 5.41) is 5.19. The first-order valence-electron chi connectivity index (χ1n) is 7.41. The molecule has 2 aromatic heterocycles. The van der Waals surface area contributed by atoms with Crippen LogP contribution in [0.4, 0.5) is 0 Å². The maximum Gasteiger partial charge on any atom is 0.253 e. The lowest BCUT2D eigenvalue weighted by Gasteiger charge is -2.25. The highest BCUT2D eigenvalue weighted by atomic mass is 32.2. The first-order valence-corrected chi connectivity index (χ1v) is 8.40. The third kappa shape index (κ3) is 2.84. The molecule has 0 aliphatic carbocycles. The molecule has 0 spiro atoms. The van der Waals surface area contributed by atoms with E-state index < -0.39 is 0 Å². The Morgan fingerprint density at radius 3 is 2.91 bits per heavy atom. The molecular weight excluding hydrogens is 312 g/mol. The number of benzene rings is 1. The molecule has 1 aliphatic rings. The van der Waals surface area contributed by atoms with E-state index in [0.29, 0.717) is 17.5 Å². The Hall–Kier alpha value is -2.28.